The van der Waals surface area contributed by atoms with E-state index in [1.54, 1.807) is 0 Å². The summed E-state index contributed by atoms with van der Waals surface area (Å²) in [4.78, 5) is 11.6. The zero-order valence-electron chi connectivity index (χ0n) is 12.5. The van der Waals surface area contributed by atoms with Crippen molar-refractivity contribution in [3.8, 4) is 5.88 Å². The number of rotatable bonds is 7. The van der Waals surface area contributed by atoms with Crippen LogP contribution in [-0.4, -0.2) is 28.1 Å². The highest BCUT2D eigenvalue weighted by atomic mass is 35.5. The van der Waals surface area contributed by atoms with Gasteiger partial charge in [0.2, 0.25) is 5.88 Å². The van der Waals surface area contributed by atoms with Crippen LogP contribution in [-0.2, 0) is 0 Å². The van der Waals surface area contributed by atoms with Crippen LogP contribution in [0.25, 0.3) is 0 Å². The first kappa shape index (κ1) is 18.9. The first-order valence-electron chi connectivity index (χ1n) is 6.88. The van der Waals surface area contributed by atoms with Crippen molar-refractivity contribution in [2.24, 2.45) is 0 Å². The Morgan fingerprint density at radius 3 is 2.67 bits per heavy atom. The van der Waals surface area contributed by atoms with E-state index < -0.39 is 12.1 Å². The second-order valence-electron chi connectivity index (χ2n) is 4.69. The molecule has 2 aromatic heterocycles. The first-order chi connectivity index (χ1) is 11.4. The van der Waals surface area contributed by atoms with E-state index in [-0.39, 0.29) is 22.5 Å². The van der Waals surface area contributed by atoms with Gasteiger partial charge < -0.3 is 10.1 Å². The van der Waals surface area contributed by atoms with Gasteiger partial charge in [-0.3, -0.25) is 0 Å². The Morgan fingerprint density at radius 1 is 1.25 bits per heavy atom. The molecule has 0 amide bonds. The minimum atomic E-state index is -2.76. The Bertz CT molecular complexity index is 719. The molecule has 0 saturated heterocycles. The molecular weight excluding hydrogens is 385 g/mol. The normalized spacial score (nSPS) is 11.0. The van der Waals surface area contributed by atoms with Crippen LogP contribution >= 0.6 is 34.8 Å². The highest BCUT2D eigenvalue weighted by molar-refractivity contribution is 6.35. The summed E-state index contributed by atoms with van der Waals surface area (Å²) in [7, 11) is 0. The molecule has 1 N–H and O–H groups in total. The topological polar surface area (TPSA) is 59.9 Å². The van der Waals surface area contributed by atoms with Crippen LogP contribution in [0.2, 0.25) is 15.1 Å². The van der Waals surface area contributed by atoms with E-state index >= 15 is 0 Å². The molecule has 0 atom stereocenters. The van der Waals surface area contributed by atoms with Crippen molar-refractivity contribution in [1.82, 2.24) is 15.0 Å². The third-order valence-corrected chi connectivity index (χ3v) is 3.67. The number of alkyl halides is 2. The number of hydrogen-bond donors (Lipinski definition) is 1. The van der Waals surface area contributed by atoms with Gasteiger partial charge in [-0.2, -0.15) is 0 Å². The summed E-state index contributed by atoms with van der Waals surface area (Å²) < 4.78 is 31.1. The number of aromatic nitrogens is 3. The van der Waals surface area contributed by atoms with E-state index in [9.17, 15) is 8.78 Å². The third kappa shape index (κ3) is 5.03. The Labute approximate surface area is 152 Å². The minimum absolute atomic E-state index is 0.169. The summed E-state index contributed by atoms with van der Waals surface area (Å²) in [5.41, 5.74) is -0.486. The fourth-order valence-corrected chi connectivity index (χ4v) is 2.47. The van der Waals surface area contributed by atoms with Gasteiger partial charge in [-0.1, -0.05) is 34.8 Å². The molecule has 24 heavy (non-hydrogen) atoms. The van der Waals surface area contributed by atoms with E-state index in [1.807, 2.05) is 0 Å². The maximum absolute atomic E-state index is 12.8. The number of ether oxygens (including phenoxy) is 1. The molecule has 0 saturated carbocycles. The number of halogens is 5. The largest absolute Gasteiger partial charge is 0.477 e. The molecule has 0 aliphatic heterocycles. The molecule has 0 aromatic carbocycles. The summed E-state index contributed by atoms with van der Waals surface area (Å²) in [5.74, 6) is 0.657. The molecule has 0 aliphatic carbocycles. The van der Waals surface area contributed by atoms with Crippen LogP contribution in [0, 0.1) is 6.92 Å². The second kappa shape index (κ2) is 8.60. The molecule has 2 heterocycles. The third-order valence-electron chi connectivity index (χ3n) is 2.82. The average molecular weight is 398 g/mol. The Balaban J connectivity index is 1.86. The molecule has 10 heteroatoms. The lowest BCUT2D eigenvalue weighted by atomic mass is 10.3. The predicted octanol–water partition coefficient (Wildman–Crippen LogP) is 4.96. The smallest absolute Gasteiger partial charge is 0.282 e. The fourth-order valence-electron chi connectivity index (χ4n) is 1.80. The van der Waals surface area contributed by atoms with Crippen molar-refractivity contribution in [1.29, 1.82) is 0 Å². The summed E-state index contributed by atoms with van der Waals surface area (Å²) in [5, 5.41) is 3.43. The van der Waals surface area contributed by atoms with Crippen LogP contribution in [0.1, 0.15) is 24.4 Å². The Morgan fingerprint density at radius 2 is 2.00 bits per heavy atom. The van der Waals surface area contributed by atoms with E-state index in [0.29, 0.717) is 29.6 Å². The van der Waals surface area contributed by atoms with Crippen LogP contribution in [0.15, 0.2) is 12.3 Å². The van der Waals surface area contributed by atoms with Crippen molar-refractivity contribution in [3.05, 3.63) is 38.8 Å². The van der Waals surface area contributed by atoms with Gasteiger partial charge >= 0.3 is 0 Å². The number of aryl methyl sites for hydroxylation is 1. The molecule has 2 aromatic rings. The highest BCUT2D eigenvalue weighted by Crippen LogP contribution is 2.30. The molecule has 2 rings (SSSR count). The molecular formula is C14H13Cl3F2N4O. The fraction of sp³-hybridized carbons (Fsp3) is 0.357. The Kier molecular flexibility index (Phi) is 6.77. The highest BCUT2D eigenvalue weighted by Gasteiger charge is 2.18. The zero-order chi connectivity index (χ0) is 17.7. The first-order valence-corrected chi connectivity index (χ1v) is 8.01. The van der Waals surface area contributed by atoms with Crippen LogP contribution in [0.3, 0.4) is 0 Å². The summed E-state index contributed by atoms with van der Waals surface area (Å²) in [6, 6.07) is 1.53. The lowest BCUT2D eigenvalue weighted by molar-refractivity contribution is 0.146. The van der Waals surface area contributed by atoms with Crippen molar-refractivity contribution in [2.75, 3.05) is 18.5 Å². The molecule has 0 spiro atoms. The van der Waals surface area contributed by atoms with E-state index in [1.165, 1.54) is 19.2 Å². The van der Waals surface area contributed by atoms with Gasteiger partial charge in [-0.25, -0.2) is 23.7 Å². The van der Waals surface area contributed by atoms with Gasteiger partial charge in [0, 0.05) is 12.7 Å². The van der Waals surface area contributed by atoms with Crippen molar-refractivity contribution in [3.63, 3.8) is 0 Å². The van der Waals surface area contributed by atoms with E-state index in [4.69, 9.17) is 39.5 Å². The number of hydrogen-bond acceptors (Lipinski definition) is 5. The number of anilines is 1. The lowest BCUT2D eigenvalue weighted by Gasteiger charge is -2.11. The minimum Gasteiger partial charge on any atom is -0.477 e. The quantitative estimate of drug-likeness (QED) is 0.669. The predicted molar refractivity (Wildman–Crippen MR) is 89.6 cm³/mol. The monoisotopic (exact) mass is 396 g/mol. The van der Waals surface area contributed by atoms with Crippen molar-refractivity contribution >= 4 is 40.6 Å². The van der Waals surface area contributed by atoms with E-state index in [2.05, 4.69) is 20.3 Å². The second-order valence-corrected chi connectivity index (χ2v) is 5.91. The number of nitrogens with zero attached hydrogens (tertiary/aromatic N) is 3. The zero-order valence-corrected chi connectivity index (χ0v) is 14.8. The summed E-state index contributed by atoms with van der Waals surface area (Å²) >= 11 is 17.6. The SMILES string of the molecule is Cc1nc(NCCCOc2ncc(Cl)cc2Cl)c(Cl)c(C(F)F)n1. The van der Waals surface area contributed by atoms with Gasteiger partial charge in [0.05, 0.1) is 11.6 Å². The van der Waals surface area contributed by atoms with Crippen LogP contribution in [0.5, 0.6) is 5.88 Å². The molecule has 130 valence electrons. The Hall–Kier alpha value is -1.44. The number of pyridine rings is 1. The molecule has 5 nitrogen and oxygen atoms in total. The van der Waals surface area contributed by atoms with Gasteiger partial charge in [-0.05, 0) is 19.4 Å². The van der Waals surface area contributed by atoms with Crippen LogP contribution in [0.4, 0.5) is 14.6 Å². The van der Waals surface area contributed by atoms with E-state index in [0.717, 1.165) is 0 Å². The molecule has 0 bridgehead atoms. The molecule has 0 radical (unpaired) electrons. The van der Waals surface area contributed by atoms with Gasteiger partial charge in [-0.15, -0.1) is 0 Å². The summed E-state index contributed by atoms with van der Waals surface area (Å²) in [6.07, 6.45) is -0.790. The summed E-state index contributed by atoms with van der Waals surface area (Å²) in [6.45, 7) is 2.24. The van der Waals surface area contributed by atoms with Gasteiger partial charge in [0.25, 0.3) is 6.43 Å². The average Bonchev–Trinajstić information content (AvgIpc) is 2.51. The molecule has 0 aliphatic rings. The van der Waals surface area contributed by atoms with Gasteiger partial charge in [0.1, 0.15) is 27.4 Å². The standard InChI is InChI=1S/C14H13Cl3F2N4O/c1-7-22-11(12(18)19)10(17)13(23-7)20-3-2-4-24-14-9(16)5-8(15)6-21-14/h5-6,12H,2-4H2,1H3,(H,20,22,23). The maximum Gasteiger partial charge on any atom is 0.282 e. The molecule has 0 unspecified atom stereocenters. The lowest BCUT2D eigenvalue weighted by Crippen LogP contribution is -2.11. The van der Waals surface area contributed by atoms with Crippen molar-refractivity contribution < 1.29 is 13.5 Å². The molecule has 0 fully saturated rings. The maximum atomic E-state index is 12.8. The van der Waals surface area contributed by atoms with Gasteiger partial charge in [0.15, 0.2) is 0 Å². The number of nitrogens with one attached hydrogen (secondary N) is 1. The van der Waals surface area contributed by atoms with Crippen LogP contribution < -0.4 is 10.1 Å². The van der Waals surface area contributed by atoms with Crippen molar-refractivity contribution in [2.45, 2.75) is 19.8 Å².